The summed E-state index contributed by atoms with van der Waals surface area (Å²) < 4.78 is 27.6. The Morgan fingerprint density at radius 2 is 1.40 bits per heavy atom. The van der Waals surface area contributed by atoms with Crippen LogP contribution in [0.1, 0.15) is 49.9 Å². The molecule has 1 aliphatic heterocycles. The molecule has 0 saturated heterocycles. The van der Waals surface area contributed by atoms with Crippen LogP contribution >= 0.6 is 0 Å². The molecule has 0 amide bonds. The molecule has 2 N–H and O–H groups in total. The maximum Gasteiger partial charge on any atom is 0.414 e. The Bertz CT molecular complexity index is 1180. The van der Waals surface area contributed by atoms with E-state index in [0.29, 0.717) is 30.2 Å². The van der Waals surface area contributed by atoms with E-state index >= 15 is 0 Å². The largest absolute Gasteiger partial charge is 0.493 e. The number of carbonyl (C=O) groups is 3. The second-order valence-electron chi connectivity index (χ2n) is 10.0. The highest BCUT2D eigenvalue weighted by molar-refractivity contribution is 6.27. The van der Waals surface area contributed by atoms with Gasteiger partial charge in [0.15, 0.2) is 23.0 Å². The number of benzene rings is 2. The first-order chi connectivity index (χ1) is 18.8. The van der Waals surface area contributed by atoms with Crippen LogP contribution in [0, 0.1) is 0 Å². The average Bonchev–Trinajstić information content (AvgIpc) is 2.90. The van der Waals surface area contributed by atoms with Crippen LogP contribution in [-0.2, 0) is 32.0 Å². The number of esters is 1. The number of hydrogen-bond acceptors (Lipinski definition) is 9. The standard InChI is InChI=1S/C27H37NO6.C2H2O4/c1-27(2,3)34-26(29)11-13-28-12-10-19-16-24(32-6)25(33-7)17-20(19)21(28)14-18-8-9-22(30-4)23(15-18)31-5;3-1(4)2(5)6/h8-9,15-17,21H,10-14H2,1-7H3;(H,3,4)(H,5,6)/t21-;/m1./s1. The Morgan fingerprint density at radius 1 is 0.850 bits per heavy atom. The Kier molecular flexibility index (Phi) is 11.6. The van der Waals surface area contributed by atoms with E-state index in [0.717, 1.165) is 30.7 Å². The van der Waals surface area contributed by atoms with E-state index < -0.39 is 17.5 Å². The molecule has 1 aliphatic rings. The van der Waals surface area contributed by atoms with E-state index in [1.54, 1.807) is 28.4 Å². The lowest BCUT2D eigenvalue weighted by Crippen LogP contribution is -2.38. The molecule has 0 radical (unpaired) electrons. The predicted octanol–water partition coefficient (Wildman–Crippen LogP) is 3.75. The molecular weight excluding hydrogens is 522 g/mol. The third kappa shape index (κ3) is 9.04. The Balaban J connectivity index is 0.000000840. The first kappa shape index (κ1) is 32.2. The van der Waals surface area contributed by atoms with Crippen molar-refractivity contribution in [2.45, 2.75) is 51.7 Å². The molecule has 2 aromatic carbocycles. The number of ether oxygens (including phenoxy) is 5. The van der Waals surface area contributed by atoms with E-state index in [1.165, 1.54) is 11.1 Å². The molecule has 0 saturated carbocycles. The van der Waals surface area contributed by atoms with Crippen LogP contribution in [0.5, 0.6) is 23.0 Å². The Hall–Kier alpha value is -3.99. The van der Waals surface area contributed by atoms with E-state index in [1.807, 2.05) is 32.9 Å². The molecule has 40 heavy (non-hydrogen) atoms. The number of rotatable bonds is 9. The van der Waals surface area contributed by atoms with Gasteiger partial charge in [0.2, 0.25) is 0 Å². The van der Waals surface area contributed by atoms with Crippen LogP contribution in [0.2, 0.25) is 0 Å². The van der Waals surface area contributed by atoms with Gasteiger partial charge in [0.1, 0.15) is 5.60 Å². The van der Waals surface area contributed by atoms with E-state index in [2.05, 4.69) is 23.1 Å². The van der Waals surface area contributed by atoms with Crippen LogP contribution in [0.3, 0.4) is 0 Å². The van der Waals surface area contributed by atoms with Gasteiger partial charge in [0.25, 0.3) is 0 Å². The minimum absolute atomic E-state index is 0.0593. The minimum Gasteiger partial charge on any atom is -0.493 e. The van der Waals surface area contributed by atoms with Gasteiger partial charge >= 0.3 is 17.9 Å². The summed E-state index contributed by atoms with van der Waals surface area (Å²) in [6, 6.07) is 10.2. The molecule has 0 bridgehead atoms. The molecular formula is C29H39NO10. The summed E-state index contributed by atoms with van der Waals surface area (Å²) in [6.45, 7) is 7.12. The topological polar surface area (TPSA) is 141 Å². The van der Waals surface area contributed by atoms with Crippen LogP contribution in [0.4, 0.5) is 0 Å². The van der Waals surface area contributed by atoms with Gasteiger partial charge in [0, 0.05) is 19.1 Å². The maximum absolute atomic E-state index is 12.4. The Morgan fingerprint density at radius 3 is 1.93 bits per heavy atom. The number of nitrogens with zero attached hydrogens (tertiary/aromatic N) is 1. The van der Waals surface area contributed by atoms with Gasteiger partial charge in [-0.2, -0.15) is 0 Å². The van der Waals surface area contributed by atoms with Crippen LogP contribution in [0.25, 0.3) is 0 Å². The van der Waals surface area contributed by atoms with Crippen molar-refractivity contribution in [2.24, 2.45) is 0 Å². The second kappa shape index (κ2) is 14.4. The zero-order valence-corrected chi connectivity index (χ0v) is 24.1. The van der Waals surface area contributed by atoms with Crippen molar-refractivity contribution in [2.75, 3.05) is 41.5 Å². The molecule has 11 nitrogen and oxygen atoms in total. The molecule has 220 valence electrons. The highest BCUT2D eigenvalue weighted by Gasteiger charge is 2.30. The number of carboxylic acids is 2. The van der Waals surface area contributed by atoms with E-state index in [9.17, 15) is 4.79 Å². The second-order valence-corrected chi connectivity index (χ2v) is 10.0. The van der Waals surface area contributed by atoms with Crippen molar-refractivity contribution in [3.05, 3.63) is 47.0 Å². The van der Waals surface area contributed by atoms with Crippen molar-refractivity contribution in [3.8, 4) is 23.0 Å². The maximum atomic E-state index is 12.4. The first-order valence-corrected chi connectivity index (χ1v) is 12.7. The zero-order valence-electron chi connectivity index (χ0n) is 24.1. The summed E-state index contributed by atoms with van der Waals surface area (Å²) in [6.07, 6.45) is 1.95. The predicted molar refractivity (Wildman–Crippen MR) is 147 cm³/mol. The number of fused-ring (bicyclic) bond motifs is 1. The lowest BCUT2D eigenvalue weighted by molar-refractivity contribution is -0.159. The van der Waals surface area contributed by atoms with Gasteiger partial charge in [-0.15, -0.1) is 0 Å². The number of carboxylic acid groups (broad SMARTS) is 2. The Labute approximate surface area is 234 Å². The van der Waals surface area contributed by atoms with Gasteiger partial charge in [0.05, 0.1) is 34.9 Å². The van der Waals surface area contributed by atoms with E-state index in [-0.39, 0.29) is 12.0 Å². The van der Waals surface area contributed by atoms with Crippen molar-refractivity contribution in [1.82, 2.24) is 4.90 Å². The van der Waals surface area contributed by atoms with E-state index in [4.69, 9.17) is 43.5 Å². The number of carbonyl (C=O) groups excluding carboxylic acids is 1. The lowest BCUT2D eigenvalue weighted by atomic mass is 9.88. The number of hydrogen-bond donors (Lipinski definition) is 2. The van der Waals surface area contributed by atoms with Crippen molar-refractivity contribution in [1.29, 1.82) is 0 Å². The molecule has 1 atom stereocenters. The summed E-state index contributed by atoms with van der Waals surface area (Å²) in [4.78, 5) is 33.0. The summed E-state index contributed by atoms with van der Waals surface area (Å²) in [5.41, 5.74) is 3.04. The fourth-order valence-electron chi connectivity index (χ4n) is 4.45. The molecule has 0 spiro atoms. The molecule has 3 rings (SSSR count). The highest BCUT2D eigenvalue weighted by atomic mass is 16.6. The molecule has 0 fully saturated rings. The third-order valence-corrected chi connectivity index (χ3v) is 6.20. The van der Waals surface area contributed by atoms with Crippen molar-refractivity contribution < 1.29 is 48.3 Å². The molecule has 0 aliphatic carbocycles. The summed E-state index contributed by atoms with van der Waals surface area (Å²) in [7, 11) is 6.58. The minimum atomic E-state index is -1.82. The van der Waals surface area contributed by atoms with Crippen LogP contribution in [0.15, 0.2) is 30.3 Å². The van der Waals surface area contributed by atoms with Crippen LogP contribution in [-0.4, -0.2) is 80.2 Å². The molecule has 0 aromatic heterocycles. The number of methoxy groups -OCH3 is 4. The molecule has 1 heterocycles. The SMILES string of the molecule is COc1ccc(C[C@@H]2c3cc(OC)c(OC)cc3CCN2CCC(=O)OC(C)(C)C)cc1OC.O=C(O)C(=O)O. The smallest absolute Gasteiger partial charge is 0.414 e. The van der Waals surface area contributed by atoms with Gasteiger partial charge < -0.3 is 33.9 Å². The van der Waals surface area contributed by atoms with Gasteiger partial charge in [-0.3, -0.25) is 9.69 Å². The summed E-state index contributed by atoms with van der Waals surface area (Å²) in [5.74, 6) is -1.01. The lowest BCUT2D eigenvalue weighted by Gasteiger charge is -2.38. The van der Waals surface area contributed by atoms with Crippen molar-refractivity contribution >= 4 is 17.9 Å². The average molecular weight is 562 g/mol. The molecule has 11 heteroatoms. The first-order valence-electron chi connectivity index (χ1n) is 12.7. The zero-order chi connectivity index (χ0) is 30.0. The molecule has 2 aromatic rings. The third-order valence-electron chi connectivity index (χ3n) is 6.20. The van der Waals surface area contributed by atoms with Gasteiger partial charge in [-0.05, 0) is 74.6 Å². The van der Waals surface area contributed by atoms with Gasteiger partial charge in [-0.1, -0.05) is 6.07 Å². The fourth-order valence-corrected chi connectivity index (χ4v) is 4.45. The number of aliphatic carboxylic acids is 2. The summed E-state index contributed by atoms with van der Waals surface area (Å²) in [5, 5.41) is 14.8. The highest BCUT2D eigenvalue weighted by Crippen LogP contribution is 2.40. The van der Waals surface area contributed by atoms with Crippen LogP contribution < -0.4 is 18.9 Å². The molecule has 0 unspecified atom stereocenters. The quantitative estimate of drug-likeness (QED) is 0.341. The normalized spacial score (nSPS) is 14.6. The summed E-state index contributed by atoms with van der Waals surface area (Å²) >= 11 is 0. The van der Waals surface area contributed by atoms with Crippen molar-refractivity contribution in [3.63, 3.8) is 0 Å². The van der Waals surface area contributed by atoms with Gasteiger partial charge in [-0.25, -0.2) is 9.59 Å². The monoisotopic (exact) mass is 561 g/mol. The fraction of sp³-hybridized carbons (Fsp3) is 0.483.